The van der Waals surface area contributed by atoms with E-state index >= 15 is 0 Å². The van der Waals surface area contributed by atoms with Crippen LogP contribution in [-0.4, -0.2) is 12.5 Å². The van der Waals surface area contributed by atoms with Crippen molar-refractivity contribution in [1.82, 2.24) is 0 Å². The highest BCUT2D eigenvalue weighted by Gasteiger charge is 2.20. The molecule has 0 fully saturated rings. The van der Waals surface area contributed by atoms with Crippen molar-refractivity contribution in [3.05, 3.63) is 65.2 Å². The monoisotopic (exact) mass is 347 g/mol. The van der Waals surface area contributed by atoms with E-state index in [0.29, 0.717) is 5.92 Å². The maximum atomic E-state index is 13.6. The van der Waals surface area contributed by atoms with Crippen molar-refractivity contribution in [3.8, 4) is 0 Å². The topological polar surface area (TPSA) is 45.7 Å². The molecule has 0 heterocycles. The van der Waals surface area contributed by atoms with E-state index in [1.165, 1.54) is 11.6 Å². The lowest BCUT2D eigenvalue weighted by atomic mass is 9.95. The van der Waals surface area contributed by atoms with Crippen molar-refractivity contribution >= 4 is 11.6 Å². The molecule has 0 bridgehead atoms. The summed E-state index contributed by atoms with van der Waals surface area (Å²) >= 11 is 0. The number of amides is 1. The van der Waals surface area contributed by atoms with E-state index in [9.17, 15) is 13.6 Å². The second-order valence-corrected chi connectivity index (χ2v) is 6.48. The number of nitrogens with one attached hydrogen (secondary N) is 1. The van der Waals surface area contributed by atoms with Crippen LogP contribution >= 0.6 is 0 Å². The number of quaternary nitrogens is 1. The van der Waals surface area contributed by atoms with E-state index in [1.54, 1.807) is 0 Å². The molecule has 134 valence electrons. The number of anilines is 1. The zero-order valence-corrected chi connectivity index (χ0v) is 14.9. The lowest BCUT2D eigenvalue weighted by Gasteiger charge is -2.20. The minimum absolute atomic E-state index is 0.00630. The van der Waals surface area contributed by atoms with Crippen molar-refractivity contribution in [2.45, 2.75) is 33.2 Å². The summed E-state index contributed by atoms with van der Waals surface area (Å²) in [5.74, 6) is -1.43. The van der Waals surface area contributed by atoms with Crippen molar-refractivity contribution in [1.29, 1.82) is 0 Å². The van der Waals surface area contributed by atoms with Gasteiger partial charge in [0.25, 0.3) is 5.91 Å². The number of halogens is 2. The molecule has 0 aliphatic heterocycles. The second kappa shape index (κ2) is 8.72. The first-order valence-corrected chi connectivity index (χ1v) is 8.57. The van der Waals surface area contributed by atoms with Gasteiger partial charge in [-0.05, 0) is 24.1 Å². The molecule has 0 aliphatic rings. The molecule has 0 radical (unpaired) electrons. The summed E-state index contributed by atoms with van der Waals surface area (Å²) in [7, 11) is 0. The predicted molar refractivity (Wildman–Crippen MR) is 95.2 cm³/mol. The Morgan fingerprint density at radius 1 is 1.12 bits per heavy atom. The maximum absolute atomic E-state index is 13.6. The number of nitrogens with two attached hydrogens (primary N) is 1. The van der Waals surface area contributed by atoms with Gasteiger partial charge in [0.15, 0.2) is 6.54 Å². The Kier molecular flexibility index (Phi) is 6.65. The number of hydrogen-bond acceptors (Lipinski definition) is 1. The number of hydrogen-bond donors (Lipinski definition) is 2. The number of benzene rings is 2. The van der Waals surface area contributed by atoms with Gasteiger partial charge in [0.05, 0.1) is 5.69 Å². The van der Waals surface area contributed by atoms with Gasteiger partial charge in [0.2, 0.25) is 0 Å². The van der Waals surface area contributed by atoms with Crippen LogP contribution in [0, 0.1) is 17.6 Å². The molecule has 3 N–H and O–H groups in total. The Morgan fingerprint density at radius 2 is 1.80 bits per heavy atom. The standard InChI is InChI=1S/C20H24F2N2O/c1-4-14-5-7-15(8-6-14)20(13(2)3)23-12-19(25)24-18-10-9-16(21)11-17(18)22/h5-11,13,20,23H,4,12H2,1-3H3,(H,24,25)/p+1/t20-/m1/s1. The fraction of sp³-hybridized carbons (Fsp3) is 0.350. The largest absolute Gasteiger partial charge is 0.332 e. The van der Waals surface area contributed by atoms with E-state index in [-0.39, 0.29) is 24.2 Å². The number of carbonyl (C=O) groups is 1. The molecule has 5 heteroatoms. The molecule has 0 aliphatic carbocycles. The van der Waals surface area contributed by atoms with Crippen LogP contribution in [0.4, 0.5) is 14.5 Å². The van der Waals surface area contributed by atoms with Gasteiger partial charge >= 0.3 is 0 Å². The van der Waals surface area contributed by atoms with Crippen molar-refractivity contribution < 1.29 is 18.9 Å². The third-order valence-electron chi connectivity index (χ3n) is 4.25. The fourth-order valence-electron chi connectivity index (χ4n) is 2.79. The zero-order chi connectivity index (χ0) is 18.4. The van der Waals surface area contributed by atoms with Gasteiger partial charge in [0.1, 0.15) is 17.7 Å². The Hall–Kier alpha value is -2.27. The molecule has 0 unspecified atom stereocenters. The third kappa shape index (κ3) is 5.36. The van der Waals surface area contributed by atoms with Gasteiger partial charge in [-0.25, -0.2) is 8.78 Å². The molecule has 0 saturated carbocycles. The minimum atomic E-state index is -0.774. The smallest absolute Gasteiger partial charge is 0.279 e. The summed E-state index contributed by atoms with van der Waals surface area (Å²) in [6, 6.07) is 11.6. The molecule has 2 aromatic rings. The molecular formula is C20H25F2N2O+. The fourth-order valence-corrected chi connectivity index (χ4v) is 2.79. The molecule has 25 heavy (non-hydrogen) atoms. The third-order valence-corrected chi connectivity index (χ3v) is 4.25. The summed E-state index contributed by atoms with van der Waals surface area (Å²) in [6.07, 6.45) is 0.988. The highest BCUT2D eigenvalue weighted by molar-refractivity contribution is 5.91. The second-order valence-electron chi connectivity index (χ2n) is 6.48. The van der Waals surface area contributed by atoms with Gasteiger partial charge < -0.3 is 10.6 Å². The van der Waals surface area contributed by atoms with E-state index in [0.717, 1.165) is 24.1 Å². The van der Waals surface area contributed by atoms with Crippen LogP contribution in [0.15, 0.2) is 42.5 Å². The zero-order valence-electron chi connectivity index (χ0n) is 14.9. The summed E-state index contributed by atoms with van der Waals surface area (Å²) < 4.78 is 26.5. The van der Waals surface area contributed by atoms with Crippen LogP contribution in [0.2, 0.25) is 0 Å². The van der Waals surface area contributed by atoms with Crippen LogP contribution in [-0.2, 0) is 11.2 Å². The highest BCUT2D eigenvalue weighted by atomic mass is 19.1. The lowest BCUT2D eigenvalue weighted by molar-refractivity contribution is -0.692. The van der Waals surface area contributed by atoms with Crippen LogP contribution < -0.4 is 10.6 Å². The molecule has 0 aromatic heterocycles. The highest BCUT2D eigenvalue weighted by Crippen LogP contribution is 2.18. The summed E-state index contributed by atoms with van der Waals surface area (Å²) in [5.41, 5.74) is 2.43. The van der Waals surface area contributed by atoms with E-state index in [1.807, 2.05) is 5.32 Å². The summed E-state index contributed by atoms with van der Waals surface area (Å²) in [4.78, 5) is 12.1. The quantitative estimate of drug-likeness (QED) is 0.792. The number of rotatable bonds is 7. The SMILES string of the molecule is CCc1ccc([C@H]([NH2+]CC(=O)Nc2ccc(F)cc2F)C(C)C)cc1. The van der Waals surface area contributed by atoms with E-state index in [2.05, 4.69) is 50.4 Å². The summed E-state index contributed by atoms with van der Waals surface area (Å²) in [6.45, 7) is 6.48. The van der Waals surface area contributed by atoms with Crippen molar-refractivity contribution in [3.63, 3.8) is 0 Å². The molecule has 3 nitrogen and oxygen atoms in total. The predicted octanol–water partition coefficient (Wildman–Crippen LogP) is 3.43. The first-order valence-electron chi connectivity index (χ1n) is 8.57. The molecule has 2 aromatic carbocycles. The first kappa shape index (κ1) is 19.1. The molecule has 1 atom stereocenters. The Morgan fingerprint density at radius 3 is 2.36 bits per heavy atom. The molecule has 1 amide bonds. The van der Waals surface area contributed by atoms with E-state index in [4.69, 9.17) is 0 Å². The molecule has 2 rings (SSSR count). The number of carbonyl (C=O) groups excluding carboxylic acids is 1. The Balaban J connectivity index is 1.99. The van der Waals surface area contributed by atoms with Crippen LogP contribution in [0.1, 0.15) is 37.9 Å². The molecule has 0 saturated heterocycles. The van der Waals surface area contributed by atoms with Crippen molar-refractivity contribution in [2.75, 3.05) is 11.9 Å². The van der Waals surface area contributed by atoms with Crippen LogP contribution in [0.5, 0.6) is 0 Å². The van der Waals surface area contributed by atoms with E-state index < -0.39 is 11.6 Å². The van der Waals surface area contributed by atoms with Crippen LogP contribution in [0.3, 0.4) is 0 Å². The van der Waals surface area contributed by atoms with Gasteiger partial charge in [-0.2, -0.15) is 0 Å². The van der Waals surface area contributed by atoms with Gasteiger partial charge in [-0.1, -0.05) is 45.0 Å². The normalized spacial score (nSPS) is 12.2. The van der Waals surface area contributed by atoms with Crippen molar-refractivity contribution in [2.24, 2.45) is 5.92 Å². The maximum Gasteiger partial charge on any atom is 0.279 e. The Bertz CT molecular complexity index is 714. The van der Waals surface area contributed by atoms with Gasteiger partial charge in [-0.15, -0.1) is 0 Å². The summed E-state index contributed by atoms with van der Waals surface area (Å²) in [5, 5.41) is 4.44. The average Bonchev–Trinajstić information content (AvgIpc) is 2.58. The Labute approximate surface area is 147 Å². The first-order chi connectivity index (χ1) is 11.9. The minimum Gasteiger partial charge on any atom is -0.332 e. The molecule has 0 spiro atoms. The number of aryl methyl sites for hydroxylation is 1. The molecular weight excluding hydrogens is 322 g/mol. The van der Waals surface area contributed by atoms with Gasteiger partial charge in [0, 0.05) is 17.5 Å². The lowest BCUT2D eigenvalue weighted by Crippen LogP contribution is -2.88. The van der Waals surface area contributed by atoms with Crippen LogP contribution in [0.25, 0.3) is 0 Å². The average molecular weight is 347 g/mol. The van der Waals surface area contributed by atoms with Gasteiger partial charge in [-0.3, -0.25) is 4.79 Å².